The van der Waals surface area contributed by atoms with Crippen LogP contribution in [0.4, 0.5) is 5.69 Å². The van der Waals surface area contributed by atoms with Gasteiger partial charge in [0, 0.05) is 30.3 Å². The Morgan fingerprint density at radius 1 is 1.65 bits per heavy atom. The monoisotopic (exact) mass is 236 g/mol. The first-order valence-electron chi connectivity index (χ1n) is 5.25. The molecule has 1 N–H and O–H groups in total. The Balaban J connectivity index is 2.90. The number of rotatable bonds is 6. The summed E-state index contributed by atoms with van der Waals surface area (Å²) in [5.74, 6) is 0.638. The van der Waals surface area contributed by atoms with Crippen LogP contribution in [0.1, 0.15) is 12.5 Å². The maximum atomic E-state index is 10.7. The van der Waals surface area contributed by atoms with Crippen molar-refractivity contribution in [2.75, 3.05) is 7.11 Å². The first-order chi connectivity index (χ1) is 8.08. The smallest absolute Gasteiger partial charge is 0.270 e. The molecule has 5 nitrogen and oxygen atoms in total. The van der Waals surface area contributed by atoms with Gasteiger partial charge in [0.1, 0.15) is 5.75 Å². The molecular weight excluding hydrogens is 220 g/mol. The van der Waals surface area contributed by atoms with Gasteiger partial charge in [0.05, 0.1) is 12.0 Å². The summed E-state index contributed by atoms with van der Waals surface area (Å²) < 4.78 is 5.16. The Kier molecular flexibility index (Phi) is 4.66. The second-order valence-electron chi connectivity index (χ2n) is 3.66. The van der Waals surface area contributed by atoms with Gasteiger partial charge in [-0.1, -0.05) is 6.08 Å². The average molecular weight is 236 g/mol. The fourth-order valence-electron chi connectivity index (χ4n) is 1.37. The van der Waals surface area contributed by atoms with Crippen molar-refractivity contribution in [2.45, 2.75) is 19.5 Å². The number of ether oxygens (including phenoxy) is 1. The van der Waals surface area contributed by atoms with E-state index in [-0.39, 0.29) is 11.7 Å². The van der Waals surface area contributed by atoms with Crippen molar-refractivity contribution in [3.05, 3.63) is 46.5 Å². The van der Waals surface area contributed by atoms with E-state index in [2.05, 4.69) is 11.9 Å². The largest absolute Gasteiger partial charge is 0.496 e. The molecule has 0 aromatic heterocycles. The first-order valence-corrected chi connectivity index (χ1v) is 5.25. The molecule has 1 rings (SSSR count). The molecule has 92 valence electrons. The summed E-state index contributed by atoms with van der Waals surface area (Å²) >= 11 is 0. The number of methoxy groups -OCH3 is 1. The van der Waals surface area contributed by atoms with Gasteiger partial charge in [-0.3, -0.25) is 10.1 Å². The van der Waals surface area contributed by atoms with Crippen LogP contribution in [0, 0.1) is 10.1 Å². The molecule has 5 heteroatoms. The Bertz CT molecular complexity index is 418. The Hall–Kier alpha value is -1.88. The fraction of sp³-hybridized carbons (Fsp3) is 0.333. The molecule has 0 aliphatic carbocycles. The standard InChI is InChI=1S/C12H16N2O3/c1-4-9(2)13-8-10-7-11(14(15)16)5-6-12(10)17-3/h4-7,9,13H,1,8H2,2-3H3. The third-order valence-electron chi connectivity index (χ3n) is 2.44. The molecule has 0 amide bonds. The minimum Gasteiger partial charge on any atom is -0.496 e. The highest BCUT2D eigenvalue weighted by Gasteiger charge is 2.11. The highest BCUT2D eigenvalue weighted by atomic mass is 16.6. The molecule has 0 spiro atoms. The van der Waals surface area contributed by atoms with E-state index in [0.717, 1.165) is 5.56 Å². The minimum atomic E-state index is -0.417. The summed E-state index contributed by atoms with van der Waals surface area (Å²) in [4.78, 5) is 10.3. The lowest BCUT2D eigenvalue weighted by molar-refractivity contribution is -0.384. The van der Waals surface area contributed by atoms with Crippen molar-refractivity contribution in [2.24, 2.45) is 0 Å². The molecule has 0 saturated carbocycles. The van der Waals surface area contributed by atoms with Crippen molar-refractivity contribution < 1.29 is 9.66 Å². The van der Waals surface area contributed by atoms with Crippen molar-refractivity contribution in [3.63, 3.8) is 0 Å². The summed E-state index contributed by atoms with van der Waals surface area (Å²) in [5.41, 5.74) is 0.823. The number of nitro groups is 1. The summed E-state index contributed by atoms with van der Waals surface area (Å²) in [6.45, 7) is 6.11. The van der Waals surface area contributed by atoms with Crippen LogP contribution in [0.25, 0.3) is 0 Å². The van der Waals surface area contributed by atoms with Gasteiger partial charge >= 0.3 is 0 Å². The van der Waals surface area contributed by atoms with Crippen molar-refractivity contribution >= 4 is 5.69 Å². The second-order valence-corrected chi connectivity index (χ2v) is 3.66. The molecule has 1 aromatic carbocycles. The van der Waals surface area contributed by atoms with Gasteiger partial charge in [0.25, 0.3) is 5.69 Å². The minimum absolute atomic E-state index is 0.0638. The second kappa shape index (κ2) is 6.00. The maximum Gasteiger partial charge on any atom is 0.270 e. The zero-order chi connectivity index (χ0) is 12.8. The predicted octanol–water partition coefficient (Wildman–Crippen LogP) is 2.27. The van der Waals surface area contributed by atoms with E-state index in [4.69, 9.17) is 4.74 Å². The van der Waals surface area contributed by atoms with E-state index >= 15 is 0 Å². The van der Waals surface area contributed by atoms with Gasteiger partial charge < -0.3 is 10.1 Å². The van der Waals surface area contributed by atoms with Crippen LogP contribution in [-0.2, 0) is 6.54 Å². The molecule has 17 heavy (non-hydrogen) atoms. The van der Waals surface area contributed by atoms with Crippen LogP contribution in [0.3, 0.4) is 0 Å². The summed E-state index contributed by atoms with van der Waals surface area (Å²) in [7, 11) is 1.54. The topological polar surface area (TPSA) is 64.4 Å². The van der Waals surface area contributed by atoms with Gasteiger partial charge in [0.2, 0.25) is 0 Å². The van der Waals surface area contributed by atoms with Crippen LogP contribution in [0.5, 0.6) is 5.75 Å². The zero-order valence-corrected chi connectivity index (χ0v) is 9.97. The Morgan fingerprint density at radius 3 is 2.88 bits per heavy atom. The molecule has 0 heterocycles. The molecule has 1 atom stereocenters. The van der Waals surface area contributed by atoms with Crippen LogP contribution >= 0.6 is 0 Å². The third-order valence-corrected chi connectivity index (χ3v) is 2.44. The molecule has 1 unspecified atom stereocenters. The Morgan fingerprint density at radius 2 is 2.35 bits per heavy atom. The normalized spacial score (nSPS) is 11.9. The summed E-state index contributed by atoms with van der Waals surface area (Å²) in [6.07, 6.45) is 1.77. The van der Waals surface area contributed by atoms with Gasteiger partial charge in [-0.05, 0) is 13.0 Å². The first kappa shape index (κ1) is 13.2. The van der Waals surface area contributed by atoms with E-state index in [9.17, 15) is 10.1 Å². The molecule has 0 radical (unpaired) electrons. The predicted molar refractivity (Wildman–Crippen MR) is 66.1 cm³/mol. The molecular formula is C12H16N2O3. The Labute approximate surface area is 100 Å². The maximum absolute atomic E-state index is 10.7. The van der Waals surface area contributed by atoms with Gasteiger partial charge in [-0.15, -0.1) is 6.58 Å². The van der Waals surface area contributed by atoms with E-state index in [1.165, 1.54) is 12.1 Å². The third kappa shape index (κ3) is 3.57. The van der Waals surface area contributed by atoms with Crippen LogP contribution in [0.15, 0.2) is 30.9 Å². The number of hydrogen-bond acceptors (Lipinski definition) is 4. The lowest BCUT2D eigenvalue weighted by atomic mass is 10.1. The molecule has 0 fully saturated rings. The average Bonchev–Trinajstić information content (AvgIpc) is 2.35. The number of non-ortho nitro benzene ring substituents is 1. The lowest BCUT2D eigenvalue weighted by Crippen LogP contribution is -2.23. The van der Waals surface area contributed by atoms with E-state index in [1.807, 2.05) is 6.92 Å². The molecule has 0 bridgehead atoms. The zero-order valence-electron chi connectivity index (χ0n) is 9.97. The molecule has 1 aromatic rings. The van der Waals surface area contributed by atoms with E-state index < -0.39 is 4.92 Å². The number of nitrogens with one attached hydrogen (secondary N) is 1. The quantitative estimate of drug-likeness (QED) is 0.467. The molecule has 0 saturated heterocycles. The van der Waals surface area contributed by atoms with Gasteiger partial charge in [-0.25, -0.2) is 0 Å². The molecule has 0 aliphatic rings. The highest BCUT2D eigenvalue weighted by molar-refractivity contribution is 5.43. The van der Waals surface area contributed by atoms with Crippen LogP contribution < -0.4 is 10.1 Å². The van der Waals surface area contributed by atoms with Crippen molar-refractivity contribution in [3.8, 4) is 5.75 Å². The highest BCUT2D eigenvalue weighted by Crippen LogP contribution is 2.23. The van der Waals surface area contributed by atoms with Crippen LogP contribution in [0.2, 0.25) is 0 Å². The fourth-order valence-corrected chi connectivity index (χ4v) is 1.37. The van der Waals surface area contributed by atoms with Crippen molar-refractivity contribution in [1.29, 1.82) is 0 Å². The van der Waals surface area contributed by atoms with E-state index in [1.54, 1.807) is 19.3 Å². The van der Waals surface area contributed by atoms with Crippen molar-refractivity contribution in [1.82, 2.24) is 5.32 Å². The molecule has 0 aliphatic heterocycles. The number of benzene rings is 1. The lowest BCUT2D eigenvalue weighted by Gasteiger charge is -2.12. The van der Waals surface area contributed by atoms with Gasteiger partial charge in [0.15, 0.2) is 0 Å². The number of nitro benzene ring substituents is 1. The summed E-state index contributed by atoms with van der Waals surface area (Å²) in [5, 5.41) is 13.8. The van der Waals surface area contributed by atoms with E-state index in [0.29, 0.717) is 12.3 Å². The summed E-state index contributed by atoms with van der Waals surface area (Å²) in [6, 6.07) is 4.69. The van der Waals surface area contributed by atoms with Crippen LogP contribution in [-0.4, -0.2) is 18.1 Å². The van der Waals surface area contributed by atoms with Gasteiger partial charge in [-0.2, -0.15) is 0 Å². The number of nitrogens with zero attached hydrogens (tertiary/aromatic N) is 1. The number of hydrogen-bond donors (Lipinski definition) is 1. The SMILES string of the molecule is C=CC(C)NCc1cc([N+](=O)[O-])ccc1OC.